The first-order valence-corrected chi connectivity index (χ1v) is 3.86. The Balaban J connectivity index is 2.54. The van der Waals surface area contributed by atoms with Crippen molar-refractivity contribution in [1.29, 1.82) is 0 Å². The summed E-state index contributed by atoms with van der Waals surface area (Å²) < 4.78 is 0. The number of hydrogen-bond donors (Lipinski definition) is 1. The molecular formula is C10H9NO. The van der Waals surface area contributed by atoms with Crippen molar-refractivity contribution < 1.29 is 4.79 Å². The van der Waals surface area contributed by atoms with Gasteiger partial charge in [-0.15, -0.1) is 0 Å². The Morgan fingerprint density at radius 2 is 2.00 bits per heavy atom. The molecule has 0 radical (unpaired) electrons. The minimum absolute atomic E-state index is 0.0908. The summed E-state index contributed by atoms with van der Waals surface area (Å²) in [6, 6.07) is 7.60. The number of Topliss-reactive ketones (excluding diaryl/α,β-unsaturated/α-hetero) is 1. The molecular weight excluding hydrogens is 150 g/mol. The molecule has 60 valence electrons. The Bertz CT molecular complexity index is 366. The maximum atomic E-state index is 11.5. The van der Waals surface area contributed by atoms with E-state index in [4.69, 9.17) is 0 Å². The van der Waals surface area contributed by atoms with Gasteiger partial charge in [-0.1, -0.05) is 24.3 Å². The molecule has 1 aliphatic rings. The molecule has 1 N–H and O–H groups in total. The average molecular weight is 159 g/mol. The molecule has 0 saturated carbocycles. The van der Waals surface area contributed by atoms with Crippen molar-refractivity contribution in [3.05, 3.63) is 41.1 Å². The summed E-state index contributed by atoms with van der Waals surface area (Å²) >= 11 is 0. The van der Waals surface area contributed by atoms with Gasteiger partial charge >= 0.3 is 0 Å². The summed E-state index contributed by atoms with van der Waals surface area (Å²) in [6.45, 7) is 0. The summed E-state index contributed by atoms with van der Waals surface area (Å²) in [5, 5.41) is 2.87. The predicted octanol–water partition coefficient (Wildman–Crippen LogP) is 1.44. The second-order valence-corrected chi connectivity index (χ2v) is 2.72. The Morgan fingerprint density at radius 3 is 2.67 bits per heavy atom. The number of carbonyl (C=O) groups excluding carboxylic acids is 1. The molecule has 1 aliphatic carbocycles. The molecule has 0 heterocycles. The van der Waals surface area contributed by atoms with E-state index >= 15 is 0 Å². The van der Waals surface area contributed by atoms with Gasteiger partial charge in [0.1, 0.15) is 0 Å². The number of likely N-dealkylation sites (N-methyl/N-ethyl adjacent to an activating group) is 1. The summed E-state index contributed by atoms with van der Waals surface area (Å²) in [5.41, 5.74) is 2.48. The molecule has 0 unspecified atom stereocenters. The van der Waals surface area contributed by atoms with Gasteiger partial charge in [-0.2, -0.15) is 0 Å². The molecule has 0 atom stereocenters. The lowest BCUT2D eigenvalue weighted by molar-refractivity contribution is 0.103. The van der Waals surface area contributed by atoms with Crippen LogP contribution in [-0.2, 0) is 0 Å². The van der Waals surface area contributed by atoms with E-state index in [-0.39, 0.29) is 5.78 Å². The highest BCUT2D eigenvalue weighted by Crippen LogP contribution is 2.22. The van der Waals surface area contributed by atoms with Crippen LogP contribution in [0.25, 0.3) is 6.08 Å². The fourth-order valence-corrected chi connectivity index (χ4v) is 1.38. The summed E-state index contributed by atoms with van der Waals surface area (Å²) in [7, 11) is 1.76. The van der Waals surface area contributed by atoms with Crippen LogP contribution in [0.1, 0.15) is 15.9 Å². The van der Waals surface area contributed by atoms with Gasteiger partial charge in [0, 0.05) is 12.6 Å². The van der Waals surface area contributed by atoms with Gasteiger partial charge in [0.2, 0.25) is 5.78 Å². The number of ketones is 1. The highest BCUT2D eigenvalue weighted by molar-refractivity contribution is 6.17. The van der Waals surface area contributed by atoms with Crippen molar-refractivity contribution in [2.75, 3.05) is 7.05 Å². The first-order chi connectivity index (χ1) is 5.83. The van der Waals surface area contributed by atoms with Crippen molar-refractivity contribution in [2.45, 2.75) is 0 Å². The number of allylic oxidation sites excluding steroid dienone is 1. The second-order valence-electron chi connectivity index (χ2n) is 2.72. The molecule has 0 spiro atoms. The van der Waals surface area contributed by atoms with Crippen LogP contribution in [0.4, 0.5) is 0 Å². The molecule has 0 fully saturated rings. The van der Waals surface area contributed by atoms with Crippen LogP contribution in [0.2, 0.25) is 0 Å². The van der Waals surface area contributed by atoms with E-state index in [1.54, 1.807) is 7.05 Å². The third kappa shape index (κ3) is 0.848. The smallest absolute Gasteiger partial charge is 0.209 e. The molecule has 2 heteroatoms. The fraction of sp³-hybridized carbons (Fsp3) is 0.100. The standard InChI is InChI=1S/C10H9NO/c1-11-9-6-7-4-2-3-5-8(7)10(9)12/h2-6H,1H3,(H,11,12). The molecule has 1 aromatic rings. The number of nitrogens with one attached hydrogen (secondary N) is 1. The van der Waals surface area contributed by atoms with Gasteiger partial charge in [-0.05, 0) is 11.6 Å². The van der Waals surface area contributed by atoms with E-state index in [2.05, 4.69) is 5.32 Å². The SMILES string of the molecule is CNC1=Cc2ccccc2C1=O. The van der Waals surface area contributed by atoms with Gasteiger partial charge in [0.25, 0.3) is 0 Å². The molecule has 2 rings (SSSR count). The van der Waals surface area contributed by atoms with Crippen LogP contribution in [0.3, 0.4) is 0 Å². The number of rotatable bonds is 1. The van der Waals surface area contributed by atoms with Gasteiger partial charge in [0.05, 0.1) is 5.70 Å². The molecule has 0 saturated heterocycles. The number of benzene rings is 1. The minimum Gasteiger partial charge on any atom is -0.385 e. The highest BCUT2D eigenvalue weighted by Gasteiger charge is 2.19. The zero-order chi connectivity index (χ0) is 8.55. The lowest BCUT2D eigenvalue weighted by Gasteiger charge is -1.96. The normalized spacial score (nSPS) is 14.1. The highest BCUT2D eigenvalue weighted by atomic mass is 16.1. The monoisotopic (exact) mass is 159 g/mol. The lowest BCUT2D eigenvalue weighted by atomic mass is 10.1. The Hall–Kier alpha value is -1.57. The number of hydrogen-bond acceptors (Lipinski definition) is 2. The molecule has 12 heavy (non-hydrogen) atoms. The fourth-order valence-electron chi connectivity index (χ4n) is 1.38. The number of carbonyl (C=O) groups is 1. The van der Waals surface area contributed by atoms with E-state index in [1.807, 2.05) is 30.3 Å². The topological polar surface area (TPSA) is 29.1 Å². The first kappa shape index (κ1) is 7.10. The molecule has 0 bridgehead atoms. The Morgan fingerprint density at radius 1 is 1.25 bits per heavy atom. The van der Waals surface area contributed by atoms with Crippen LogP contribution in [0, 0.1) is 0 Å². The van der Waals surface area contributed by atoms with Crippen molar-refractivity contribution >= 4 is 11.9 Å². The summed E-state index contributed by atoms with van der Waals surface area (Å²) in [4.78, 5) is 11.5. The molecule has 0 aromatic heterocycles. The maximum Gasteiger partial charge on any atom is 0.209 e. The van der Waals surface area contributed by atoms with Crippen LogP contribution >= 0.6 is 0 Å². The van der Waals surface area contributed by atoms with Gasteiger partial charge in [-0.25, -0.2) is 0 Å². The van der Waals surface area contributed by atoms with Crippen LogP contribution in [0.15, 0.2) is 30.0 Å². The number of fused-ring (bicyclic) bond motifs is 1. The van der Waals surface area contributed by atoms with E-state index in [9.17, 15) is 4.79 Å². The Kier molecular flexibility index (Phi) is 1.47. The quantitative estimate of drug-likeness (QED) is 0.671. The Labute approximate surface area is 70.9 Å². The summed E-state index contributed by atoms with van der Waals surface area (Å²) in [6.07, 6.45) is 1.87. The van der Waals surface area contributed by atoms with E-state index < -0.39 is 0 Å². The zero-order valence-corrected chi connectivity index (χ0v) is 6.79. The van der Waals surface area contributed by atoms with Crippen LogP contribution in [0.5, 0.6) is 0 Å². The van der Waals surface area contributed by atoms with Gasteiger partial charge < -0.3 is 5.32 Å². The van der Waals surface area contributed by atoms with E-state index in [1.165, 1.54) is 0 Å². The molecule has 1 aromatic carbocycles. The summed E-state index contributed by atoms with van der Waals surface area (Å²) in [5.74, 6) is 0.0908. The van der Waals surface area contributed by atoms with Crippen molar-refractivity contribution in [3.8, 4) is 0 Å². The molecule has 0 amide bonds. The van der Waals surface area contributed by atoms with Crippen molar-refractivity contribution in [1.82, 2.24) is 5.32 Å². The van der Waals surface area contributed by atoms with Gasteiger partial charge in [-0.3, -0.25) is 4.79 Å². The third-order valence-electron chi connectivity index (χ3n) is 2.02. The zero-order valence-electron chi connectivity index (χ0n) is 6.79. The van der Waals surface area contributed by atoms with Crippen LogP contribution in [-0.4, -0.2) is 12.8 Å². The minimum atomic E-state index is 0.0908. The molecule has 2 nitrogen and oxygen atoms in total. The third-order valence-corrected chi connectivity index (χ3v) is 2.02. The second kappa shape index (κ2) is 2.48. The van der Waals surface area contributed by atoms with Crippen molar-refractivity contribution in [2.24, 2.45) is 0 Å². The van der Waals surface area contributed by atoms with Crippen LogP contribution < -0.4 is 5.32 Å². The van der Waals surface area contributed by atoms with Crippen molar-refractivity contribution in [3.63, 3.8) is 0 Å². The maximum absolute atomic E-state index is 11.5. The largest absolute Gasteiger partial charge is 0.385 e. The van der Waals surface area contributed by atoms with E-state index in [0.717, 1.165) is 11.1 Å². The molecule has 0 aliphatic heterocycles. The van der Waals surface area contributed by atoms with Gasteiger partial charge in [0.15, 0.2) is 0 Å². The lowest BCUT2D eigenvalue weighted by Crippen LogP contribution is -2.12. The predicted molar refractivity (Wildman–Crippen MR) is 47.8 cm³/mol. The first-order valence-electron chi connectivity index (χ1n) is 3.86. The van der Waals surface area contributed by atoms with E-state index in [0.29, 0.717) is 5.70 Å². The average Bonchev–Trinajstić information content (AvgIpc) is 2.44.